The quantitative estimate of drug-likeness (QED) is 0.702. The predicted molar refractivity (Wildman–Crippen MR) is 87.8 cm³/mol. The molecular weight excluding hydrogens is 402 g/mol. The summed E-state index contributed by atoms with van der Waals surface area (Å²) in [6, 6.07) is 9.70. The van der Waals surface area contributed by atoms with Crippen LogP contribution in [-0.2, 0) is 4.74 Å². The summed E-state index contributed by atoms with van der Waals surface area (Å²) in [6.45, 7) is 2.25. The Kier molecular flexibility index (Phi) is 4.47. The predicted octanol–water partition coefficient (Wildman–Crippen LogP) is 4.20. The first-order valence-corrected chi connectivity index (χ1v) is 8.16. The van der Waals surface area contributed by atoms with Crippen LogP contribution in [0, 0.1) is 0 Å². The second-order valence-electron chi connectivity index (χ2n) is 4.71. The molecule has 0 saturated carbocycles. The lowest BCUT2D eigenvalue weighted by molar-refractivity contribution is 0.0415. The van der Waals surface area contributed by atoms with Crippen LogP contribution in [-0.4, -0.2) is 37.3 Å². The summed E-state index contributed by atoms with van der Waals surface area (Å²) in [7, 11) is 0. The standard InChI is InChI=1S/C15H13Br2NO3/c16-11-2-3-12-10(9-11)1-4-13(14(12)17)21-15(19)18-5-7-20-8-6-18/h1-4,9H,5-8H2. The summed E-state index contributed by atoms with van der Waals surface area (Å²) >= 11 is 6.97. The molecule has 2 aromatic carbocycles. The van der Waals surface area contributed by atoms with Crippen molar-refractivity contribution in [3.63, 3.8) is 0 Å². The minimum absolute atomic E-state index is 0.338. The molecule has 0 bridgehead atoms. The van der Waals surface area contributed by atoms with Gasteiger partial charge in [-0.05, 0) is 44.9 Å². The summed E-state index contributed by atoms with van der Waals surface area (Å²) in [5.41, 5.74) is 0. The summed E-state index contributed by atoms with van der Waals surface area (Å²) in [4.78, 5) is 13.8. The van der Waals surface area contributed by atoms with Crippen LogP contribution in [0.25, 0.3) is 10.8 Å². The number of fused-ring (bicyclic) bond motifs is 1. The average Bonchev–Trinajstić information content (AvgIpc) is 2.51. The van der Waals surface area contributed by atoms with Gasteiger partial charge in [-0.3, -0.25) is 0 Å². The fraction of sp³-hybridized carbons (Fsp3) is 0.267. The maximum absolute atomic E-state index is 12.1. The zero-order chi connectivity index (χ0) is 14.8. The van der Waals surface area contributed by atoms with E-state index in [0.29, 0.717) is 32.1 Å². The molecular formula is C15H13Br2NO3. The second kappa shape index (κ2) is 6.34. The van der Waals surface area contributed by atoms with Crippen molar-refractivity contribution in [2.75, 3.05) is 26.3 Å². The van der Waals surface area contributed by atoms with Gasteiger partial charge in [0, 0.05) is 17.6 Å². The van der Waals surface area contributed by atoms with Crippen LogP contribution in [0.1, 0.15) is 0 Å². The van der Waals surface area contributed by atoms with Crippen LogP contribution in [0.15, 0.2) is 39.3 Å². The van der Waals surface area contributed by atoms with E-state index in [1.54, 1.807) is 11.0 Å². The first kappa shape index (κ1) is 14.8. The van der Waals surface area contributed by atoms with Gasteiger partial charge in [-0.15, -0.1) is 0 Å². The number of carbonyl (C=O) groups is 1. The van der Waals surface area contributed by atoms with E-state index >= 15 is 0 Å². The van der Waals surface area contributed by atoms with Gasteiger partial charge in [-0.25, -0.2) is 4.79 Å². The molecule has 0 aliphatic carbocycles. The van der Waals surface area contributed by atoms with E-state index in [1.807, 2.05) is 24.3 Å². The highest BCUT2D eigenvalue weighted by atomic mass is 79.9. The van der Waals surface area contributed by atoms with Gasteiger partial charge < -0.3 is 14.4 Å². The lowest BCUT2D eigenvalue weighted by atomic mass is 10.1. The Morgan fingerprint density at radius 1 is 1.14 bits per heavy atom. The van der Waals surface area contributed by atoms with E-state index in [0.717, 1.165) is 19.7 Å². The molecule has 0 atom stereocenters. The molecule has 0 radical (unpaired) electrons. The minimum Gasteiger partial charge on any atom is -0.409 e. The Balaban J connectivity index is 1.85. The Bertz CT molecular complexity index is 684. The van der Waals surface area contributed by atoms with Crippen molar-refractivity contribution in [3.05, 3.63) is 39.3 Å². The molecule has 0 N–H and O–H groups in total. The van der Waals surface area contributed by atoms with Gasteiger partial charge in [0.15, 0.2) is 0 Å². The number of benzene rings is 2. The molecule has 0 spiro atoms. The van der Waals surface area contributed by atoms with Crippen LogP contribution >= 0.6 is 31.9 Å². The maximum Gasteiger partial charge on any atom is 0.415 e. The van der Waals surface area contributed by atoms with Crippen molar-refractivity contribution in [2.24, 2.45) is 0 Å². The highest BCUT2D eigenvalue weighted by Crippen LogP contribution is 2.34. The zero-order valence-corrected chi connectivity index (χ0v) is 14.3. The van der Waals surface area contributed by atoms with Crippen molar-refractivity contribution in [2.45, 2.75) is 0 Å². The molecule has 1 amide bonds. The number of amides is 1. The molecule has 1 heterocycles. The molecule has 4 nitrogen and oxygen atoms in total. The fourth-order valence-electron chi connectivity index (χ4n) is 2.23. The highest BCUT2D eigenvalue weighted by molar-refractivity contribution is 9.11. The first-order chi connectivity index (χ1) is 10.1. The largest absolute Gasteiger partial charge is 0.415 e. The Morgan fingerprint density at radius 2 is 1.90 bits per heavy atom. The average molecular weight is 415 g/mol. The minimum atomic E-state index is -0.338. The van der Waals surface area contributed by atoms with Crippen LogP contribution in [0.3, 0.4) is 0 Å². The number of ether oxygens (including phenoxy) is 2. The zero-order valence-electron chi connectivity index (χ0n) is 11.1. The number of morpholine rings is 1. The van der Waals surface area contributed by atoms with E-state index < -0.39 is 0 Å². The van der Waals surface area contributed by atoms with E-state index in [4.69, 9.17) is 9.47 Å². The third kappa shape index (κ3) is 3.22. The Hall–Kier alpha value is -1.11. The van der Waals surface area contributed by atoms with Crippen LogP contribution < -0.4 is 4.74 Å². The van der Waals surface area contributed by atoms with Gasteiger partial charge >= 0.3 is 6.09 Å². The van der Waals surface area contributed by atoms with Crippen LogP contribution in [0.4, 0.5) is 4.79 Å². The normalized spacial score (nSPS) is 15.2. The van der Waals surface area contributed by atoms with E-state index in [2.05, 4.69) is 31.9 Å². The lowest BCUT2D eigenvalue weighted by Gasteiger charge is -2.26. The number of halogens is 2. The summed E-state index contributed by atoms with van der Waals surface area (Å²) < 4.78 is 12.5. The number of carbonyl (C=O) groups excluding carboxylic acids is 1. The van der Waals surface area contributed by atoms with Gasteiger partial charge in [0.05, 0.1) is 17.7 Å². The van der Waals surface area contributed by atoms with E-state index in [1.165, 1.54) is 0 Å². The Morgan fingerprint density at radius 3 is 2.67 bits per heavy atom. The van der Waals surface area contributed by atoms with Crippen LogP contribution in [0.2, 0.25) is 0 Å². The molecule has 3 rings (SSSR count). The topological polar surface area (TPSA) is 38.8 Å². The summed E-state index contributed by atoms with van der Waals surface area (Å²) in [6.07, 6.45) is -0.338. The third-order valence-electron chi connectivity index (χ3n) is 3.35. The number of nitrogens with zero attached hydrogens (tertiary/aromatic N) is 1. The van der Waals surface area contributed by atoms with Gasteiger partial charge in [0.2, 0.25) is 0 Å². The molecule has 1 saturated heterocycles. The fourth-order valence-corrected chi connectivity index (χ4v) is 3.18. The van der Waals surface area contributed by atoms with Crippen molar-refractivity contribution in [3.8, 4) is 5.75 Å². The van der Waals surface area contributed by atoms with Crippen molar-refractivity contribution < 1.29 is 14.3 Å². The molecule has 2 aromatic rings. The molecule has 21 heavy (non-hydrogen) atoms. The summed E-state index contributed by atoms with van der Waals surface area (Å²) in [5, 5.41) is 2.08. The van der Waals surface area contributed by atoms with Crippen molar-refractivity contribution in [1.82, 2.24) is 4.90 Å². The molecule has 110 valence electrons. The third-order valence-corrected chi connectivity index (χ3v) is 4.66. The molecule has 0 aromatic heterocycles. The highest BCUT2D eigenvalue weighted by Gasteiger charge is 2.20. The van der Waals surface area contributed by atoms with Gasteiger partial charge in [-0.2, -0.15) is 0 Å². The van der Waals surface area contributed by atoms with E-state index in [9.17, 15) is 4.79 Å². The van der Waals surface area contributed by atoms with Crippen molar-refractivity contribution in [1.29, 1.82) is 0 Å². The van der Waals surface area contributed by atoms with Gasteiger partial charge in [-0.1, -0.05) is 28.1 Å². The number of hydrogen-bond acceptors (Lipinski definition) is 3. The molecule has 1 fully saturated rings. The monoisotopic (exact) mass is 413 g/mol. The second-order valence-corrected chi connectivity index (χ2v) is 6.42. The van der Waals surface area contributed by atoms with Gasteiger partial charge in [0.1, 0.15) is 5.75 Å². The summed E-state index contributed by atoms with van der Waals surface area (Å²) in [5.74, 6) is 0.529. The van der Waals surface area contributed by atoms with Crippen LogP contribution in [0.5, 0.6) is 5.75 Å². The van der Waals surface area contributed by atoms with Gasteiger partial charge in [0.25, 0.3) is 0 Å². The SMILES string of the molecule is O=C(Oc1ccc2cc(Br)ccc2c1Br)N1CCOCC1. The maximum atomic E-state index is 12.1. The number of rotatable bonds is 1. The Labute approximate surface area is 139 Å². The molecule has 0 unspecified atom stereocenters. The molecule has 1 aliphatic heterocycles. The number of hydrogen-bond donors (Lipinski definition) is 0. The lowest BCUT2D eigenvalue weighted by Crippen LogP contribution is -2.42. The molecule has 6 heteroatoms. The van der Waals surface area contributed by atoms with Crippen molar-refractivity contribution >= 4 is 48.7 Å². The molecule has 1 aliphatic rings. The van der Waals surface area contributed by atoms with E-state index in [-0.39, 0.29) is 6.09 Å². The smallest absolute Gasteiger partial charge is 0.409 e. The first-order valence-electron chi connectivity index (χ1n) is 6.57.